The number of thiazole rings is 1. The molecule has 23 heavy (non-hydrogen) atoms. The van der Waals surface area contributed by atoms with E-state index in [0.29, 0.717) is 5.56 Å². The van der Waals surface area contributed by atoms with Crippen LogP contribution in [0, 0.1) is 0 Å². The van der Waals surface area contributed by atoms with Gasteiger partial charge in [-0.25, -0.2) is 8.42 Å². The third-order valence-electron chi connectivity index (χ3n) is 3.39. The SMILES string of the molecule is CS(=O)(=O)CCNC(=O)c1cc(-c2cncs2)cc2[nH]ccc12. The fourth-order valence-corrected chi connectivity index (χ4v) is 3.38. The second-order valence-electron chi connectivity index (χ2n) is 5.21. The molecule has 0 aliphatic carbocycles. The minimum Gasteiger partial charge on any atom is -0.361 e. The first kappa shape index (κ1) is 15.7. The summed E-state index contributed by atoms with van der Waals surface area (Å²) in [4.78, 5) is 20.6. The summed E-state index contributed by atoms with van der Waals surface area (Å²) in [6.45, 7) is 0.0916. The van der Waals surface area contributed by atoms with E-state index in [-0.39, 0.29) is 18.2 Å². The number of hydrogen-bond donors (Lipinski definition) is 2. The van der Waals surface area contributed by atoms with Gasteiger partial charge in [-0.1, -0.05) is 0 Å². The van der Waals surface area contributed by atoms with Crippen LogP contribution in [0.3, 0.4) is 0 Å². The average Bonchev–Trinajstić information content (AvgIpc) is 3.15. The number of amides is 1. The Morgan fingerprint density at radius 1 is 1.39 bits per heavy atom. The summed E-state index contributed by atoms with van der Waals surface area (Å²) < 4.78 is 22.3. The Kier molecular flexibility index (Phi) is 4.18. The molecule has 8 heteroatoms. The van der Waals surface area contributed by atoms with E-state index >= 15 is 0 Å². The number of nitrogens with zero attached hydrogens (tertiary/aromatic N) is 1. The molecule has 120 valence electrons. The van der Waals surface area contributed by atoms with Crippen LogP contribution in [0.2, 0.25) is 0 Å². The number of nitrogens with one attached hydrogen (secondary N) is 2. The van der Waals surface area contributed by atoms with Crippen LogP contribution in [0.4, 0.5) is 0 Å². The lowest BCUT2D eigenvalue weighted by Crippen LogP contribution is -2.28. The highest BCUT2D eigenvalue weighted by Crippen LogP contribution is 2.29. The van der Waals surface area contributed by atoms with Gasteiger partial charge in [0, 0.05) is 41.7 Å². The molecule has 0 atom stereocenters. The maximum Gasteiger partial charge on any atom is 0.252 e. The highest BCUT2D eigenvalue weighted by Gasteiger charge is 2.14. The Labute approximate surface area is 137 Å². The molecular formula is C15H15N3O3S2. The second-order valence-corrected chi connectivity index (χ2v) is 8.36. The molecule has 0 fully saturated rings. The number of rotatable bonds is 5. The first-order chi connectivity index (χ1) is 10.9. The lowest BCUT2D eigenvalue weighted by Gasteiger charge is -2.08. The number of fused-ring (bicyclic) bond motifs is 1. The fraction of sp³-hybridized carbons (Fsp3) is 0.200. The van der Waals surface area contributed by atoms with Crippen molar-refractivity contribution in [2.24, 2.45) is 0 Å². The Balaban J connectivity index is 1.92. The molecule has 2 heterocycles. The van der Waals surface area contributed by atoms with E-state index in [1.807, 2.05) is 12.1 Å². The molecule has 1 aromatic carbocycles. The van der Waals surface area contributed by atoms with Gasteiger partial charge < -0.3 is 10.3 Å². The van der Waals surface area contributed by atoms with Gasteiger partial charge in [-0.2, -0.15) is 0 Å². The van der Waals surface area contributed by atoms with E-state index in [1.54, 1.807) is 24.0 Å². The summed E-state index contributed by atoms with van der Waals surface area (Å²) in [7, 11) is -3.10. The van der Waals surface area contributed by atoms with Crippen molar-refractivity contribution < 1.29 is 13.2 Å². The maximum atomic E-state index is 12.4. The van der Waals surface area contributed by atoms with Gasteiger partial charge in [-0.3, -0.25) is 9.78 Å². The first-order valence-electron chi connectivity index (χ1n) is 6.90. The van der Waals surface area contributed by atoms with Crippen LogP contribution in [0.5, 0.6) is 0 Å². The van der Waals surface area contributed by atoms with Gasteiger partial charge in [0.05, 0.1) is 16.1 Å². The molecule has 0 aliphatic rings. The molecule has 0 bridgehead atoms. The number of aromatic amines is 1. The summed E-state index contributed by atoms with van der Waals surface area (Å²) in [6, 6.07) is 5.60. The van der Waals surface area contributed by atoms with Crippen LogP contribution >= 0.6 is 11.3 Å². The highest BCUT2D eigenvalue weighted by atomic mass is 32.2. The van der Waals surface area contributed by atoms with Crippen molar-refractivity contribution >= 4 is 38.0 Å². The topological polar surface area (TPSA) is 91.9 Å². The quantitative estimate of drug-likeness (QED) is 0.737. The van der Waals surface area contributed by atoms with Crippen molar-refractivity contribution in [2.75, 3.05) is 18.6 Å². The molecule has 2 aromatic heterocycles. The van der Waals surface area contributed by atoms with Crippen LogP contribution in [0.25, 0.3) is 21.3 Å². The fourth-order valence-electron chi connectivity index (χ4n) is 2.30. The van der Waals surface area contributed by atoms with Crippen molar-refractivity contribution in [3.8, 4) is 10.4 Å². The largest absolute Gasteiger partial charge is 0.361 e. The zero-order valence-corrected chi connectivity index (χ0v) is 14.0. The number of hydrogen-bond acceptors (Lipinski definition) is 5. The van der Waals surface area contributed by atoms with E-state index in [9.17, 15) is 13.2 Å². The molecule has 0 spiro atoms. The van der Waals surface area contributed by atoms with Gasteiger partial charge in [0.15, 0.2) is 0 Å². The van der Waals surface area contributed by atoms with Crippen LogP contribution in [0.1, 0.15) is 10.4 Å². The summed E-state index contributed by atoms with van der Waals surface area (Å²) in [5.41, 5.74) is 4.00. The van der Waals surface area contributed by atoms with Gasteiger partial charge in [0.2, 0.25) is 0 Å². The smallest absolute Gasteiger partial charge is 0.252 e. The zero-order chi connectivity index (χ0) is 16.4. The normalized spacial score (nSPS) is 11.7. The van der Waals surface area contributed by atoms with Crippen LogP contribution in [-0.4, -0.2) is 42.8 Å². The van der Waals surface area contributed by atoms with E-state index < -0.39 is 9.84 Å². The van der Waals surface area contributed by atoms with Gasteiger partial charge >= 0.3 is 0 Å². The lowest BCUT2D eigenvalue weighted by atomic mass is 10.0. The predicted octanol–water partition coefficient (Wildman–Crippen LogP) is 2.07. The Morgan fingerprint density at radius 2 is 2.22 bits per heavy atom. The van der Waals surface area contributed by atoms with Gasteiger partial charge in [-0.15, -0.1) is 11.3 Å². The number of carbonyl (C=O) groups excluding carboxylic acids is 1. The zero-order valence-electron chi connectivity index (χ0n) is 12.4. The van der Waals surface area contributed by atoms with Crippen molar-refractivity contribution in [2.45, 2.75) is 0 Å². The molecule has 2 N–H and O–H groups in total. The molecule has 0 aliphatic heterocycles. The number of carbonyl (C=O) groups is 1. The monoisotopic (exact) mass is 349 g/mol. The minimum absolute atomic E-state index is 0.0798. The summed E-state index contributed by atoms with van der Waals surface area (Å²) in [5.74, 6) is -0.367. The van der Waals surface area contributed by atoms with Gasteiger partial charge in [0.1, 0.15) is 9.84 Å². The predicted molar refractivity (Wildman–Crippen MR) is 91.5 cm³/mol. The minimum atomic E-state index is -3.10. The molecule has 1 amide bonds. The first-order valence-corrected chi connectivity index (χ1v) is 9.84. The molecule has 0 saturated heterocycles. The van der Waals surface area contributed by atoms with Crippen molar-refractivity contribution in [3.63, 3.8) is 0 Å². The number of sulfone groups is 1. The van der Waals surface area contributed by atoms with Crippen molar-refractivity contribution in [1.29, 1.82) is 0 Å². The summed E-state index contributed by atoms with van der Waals surface area (Å²) in [6.07, 6.45) is 4.67. The lowest BCUT2D eigenvalue weighted by molar-refractivity contribution is 0.0958. The van der Waals surface area contributed by atoms with Crippen molar-refractivity contribution in [3.05, 3.63) is 41.7 Å². The Hall–Kier alpha value is -2.19. The molecule has 0 radical (unpaired) electrons. The number of H-pyrrole nitrogens is 1. The van der Waals surface area contributed by atoms with Gasteiger partial charge in [-0.05, 0) is 23.8 Å². The van der Waals surface area contributed by atoms with Gasteiger partial charge in [0.25, 0.3) is 5.91 Å². The standard InChI is InChI=1S/C15H15N3O3S2/c1-23(20,21)5-4-18-15(19)12-6-10(14-8-16-9-22-14)7-13-11(12)2-3-17-13/h2-3,6-9,17H,4-5H2,1H3,(H,18,19). The highest BCUT2D eigenvalue weighted by molar-refractivity contribution is 7.90. The number of aromatic nitrogens is 2. The van der Waals surface area contributed by atoms with Crippen molar-refractivity contribution in [1.82, 2.24) is 15.3 Å². The van der Waals surface area contributed by atoms with E-state index in [2.05, 4.69) is 15.3 Å². The third-order valence-corrected chi connectivity index (χ3v) is 5.16. The second kappa shape index (κ2) is 6.13. The van der Waals surface area contributed by atoms with Crippen LogP contribution in [0.15, 0.2) is 36.1 Å². The molecule has 6 nitrogen and oxygen atoms in total. The Bertz CT molecular complexity index is 944. The third kappa shape index (κ3) is 3.59. The number of benzene rings is 1. The molecular weight excluding hydrogens is 334 g/mol. The van der Waals surface area contributed by atoms with Crippen LogP contribution in [-0.2, 0) is 9.84 Å². The Morgan fingerprint density at radius 3 is 2.91 bits per heavy atom. The summed E-state index contributed by atoms with van der Waals surface area (Å²) >= 11 is 1.49. The molecule has 0 saturated carbocycles. The molecule has 3 rings (SSSR count). The summed E-state index contributed by atoms with van der Waals surface area (Å²) in [5, 5.41) is 3.47. The molecule has 3 aromatic rings. The van der Waals surface area contributed by atoms with E-state index in [0.717, 1.165) is 27.6 Å². The maximum absolute atomic E-state index is 12.4. The van der Waals surface area contributed by atoms with E-state index in [4.69, 9.17) is 0 Å². The van der Waals surface area contributed by atoms with E-state index in [1.165, 1.54) is 11.3 Å². The average molecular weight is 349 g/mol. The molecule has 0 unspecified atom stereocenters. The van der Waals surface area contributed by atoms with Crippen LogP contribution < -0.4 is 5.32 Å².